The Bertz CT molecular complexity index is 398. The van der Waals surface area contributed by atoms with Gasteiger partial charge in [0, 0.05) is 26.3 Å². The van der Waals surface area contributed by atoms with Crippen LogP contribution in [-0.2, 0) is 6.54 Å². The lowest BCUT2D eigenvalue weighted by atomic mass is 10.2. The van der Waals surface area contributed by atoms with E-state index in [-0.39, 0.29) is 12.0 Å². The number of likely N-dealkylation sites (N-methyl/N-ethyl adjacent to an activating group) is 1. The molecule has 1 N–H and O–H groups in total. The highest BCUT2D eigenvalue weighted by Crippen LogP contribution is 2.32. The van der Waals surface area contributed by atoms with Crippen LogP contribution >= 0.6 is 0 Å². The minimum Gasteiger partial charge on any atom is -0.391 e. The maximum atomic E-state index is 12.0. The van der Waals surface area contributed by atoms with Gasteiger partial charge in [-0.1, -0.05) is 0 Å². The average molecular weight is 237 g/mol. The molecule has 0 radical (unpaired) electrons. The van der Waals surface area contributed by atoms with Gasteiger partial charge >= 0.3 is 0 Å². The fourth-order valence-electron chi connectivity index (χ4n) is 1.86. The van der Waals surface area contributed by atoms with Crippen molar-refractivity contribution in [2.45, 2.75) is 32.4 Å². The molecule has 0 aliphatic heterocycles. The summed E-state index contributed by atoms with van der Waals surface area (Å²) in [7, 11) is 1.72. The van der Waals surface area contributed by atoms with Gasteiger partial charge in [0.25, 0.3) is 5.91 Å². The Kier molecular flexibility index (Phi) is 3.47. The van der Waals surface area contributed by atoms with Gasteiger partial charge in [-0.15, -0.1) is 0 Å². The largest absolute Gasteiger partial charge is 0.391 e. The predicted molar refractivity (Wildman–Crippen MR) is 63.6 cm³/mol. The summed E-state index contributed by atoms with van der Waals surface area (Å²) in [6.45, 7) is 3.13. The maximum Gasteiger partial charge on any atom is 0.256 e. The number of hydrogen-bond donors (Lipinski definition) is 1. The van der Waals surface area contributed by atoms with Crippen LogP contribution in [0.15, 0.2) is 12.4 Å². The number of rotatable bonds is 5. The molecule has 0 bridgehead atoms. The number of aliphatic hydroxyl groups excluding tert-OH is 1. The number of aromatic nitrogens is 2. The standard InChI is InChI=1S/C12H19N3O2/c1-3-15-7-10(6-13-15)12(17)14(2)8-11(16)9-4-5-9/h6-7,9,11,16H,3-5,8H2,1-2H3. The van der Waals surface area contributed by atoms with Crippen LogP contribution in [0, 0.1) is 5.92 Å². The molecular formula is C12H19N3O2. The first kappa shape index (κ1) is 12.1. The number of aliphatic hydroxyl groups is 1. The molecule has 1 aromatic heterocycles. The lowest BCUT2D eigenvalue weighted by molar-refractivity contribution is 0.0645. The molecule has 0 spiro atoms. The molecule has 1 amide bonds. The maximum absolute atomic E-state index is 12.0. The Hall–Kier alpha value is -1.36. The SMILES string of the molecule is CCn1cc(C(=O)N(C)CC(O)C2CC2)cn1. The van der Waals surface area contributed by atoms with E-state index in [0.717, 1.165) is 19.4 Å². The highest BCUT2D eigenvalue weighted by atomic mass is 16.3. The molecule has 1 unspecified atom stereocenters. The van der Waals surface area contributed by atoms with Crippen molar-refractivity contribution >= 4 is 5.91 Å². The van der Waals surface area contributed by atoms with E-state index in [1.165, 1.54) is 0 Å². The van der Waals surface area contributed by atoms with Crippen LogP contribution in [0.5, 0.6) is 0 Å². The van der Waals surface area contributed by atoms with Gasteiger partial charge in [-0.05, 0) is 25.7 Å². The van der Waals surface area contributed by atoms with Crippen LogP contribution in [0.3, 0.4) is 0 Å². The third-order valence-corrected chi connectivity index (χ3v) is 3.18. The molecule has 94 valence electrons. The van der Waals surface area contributed by atoms with Crippen molar-refractivity contribution < 1.29 is 9.90 Å². The van der Waals surface area contributed by atoms with E-state index in [1.807, 2.05) is 6.92 Å². The van der Waals surface area contributed by atoms with Gasteiger partial charge in [0.2, 0.25) is 0 Å². The molecule has 1 aromatic rings. The second-order valence-electron chi connectivity index (χ2n) is 4.68. The Morgan fingerprint density at radius 1 is 1.71 bits per heavy atom. The topological polar surface area (TPSA) is 58.4 Å². The zero-order valence-corrected chi connectivity index (χ0v) is 10.3. The van der Waals surface area contributed by atoms with E-state index in [0.29, 0.717) is 18.0 Å². The van der Waals surface area contributed by atoms with E-state index in [9.17, 15) is 9.90 Å². The first-order valence-corrected chi connectivity index (χ1v) is 6.07. The summed E-state index contributed by atoms with van der Waals surface area (Å²) >= 11 is 0. The minimum absolute atomic E-state index is 0.0793. The van der Waals surface area contributed by atoms with E-state index < -0.39 is 0 Å². The summed E-state index contributed by atoms with van der Waals surface area (Å²) in [5, 5.41) is 13.9. The van der Waals surface area contributed by atoms with E-state index in [2.05, 4.69) is 5.10 Å². The van der Waals surface area contributed by atoms with Gasteiger partial charge < -0.3 is 10.0 Å². The van der Waals surface area contributed by atoms with Crippen molar-refractivity contribution in [3.63, 3.8) is 0 Å². The lowest BCUT2D eigenvalue weighted by Crippen LogP contribution is -2.35. The molecule has 2 rings (SSSR count). The Morgan fingerprint density at radius 3 is 2.94 bits per heavy atom. The molecular weight excluding hydrogens is 218 g/mol. The molecule has 17 heavy (non-hydrogen) atoms. The lowest BCUT2D eigenvalue weighted by Gasteiger charge is -2.19. The summed E-state index contributed by atoms with van der Waals surface area (Å²) in [4.78, 5) is 13.6. The van der Waals surface area contributed by atoms with Crippen LogP contribution in [0.1, 0.15) is 30.1 Å². The Balaban J connectivity index is 1.93. The van der Waals surface area contributed by atoms with Crippen LogP contribution in [0.4, 0.5) is 0 Å². The smallest absolute Gasteiger partial charge is 0.256 e. The van der Waals surface area contributed by atoms with Crippen molar-refractivity contribution in [1.29, 1.82) is 0 Å². The summed E-state index contributed by atoms with van der Waals surface area (Å²) < 4.78 is 1.72. The fourth-order valence-corrected chi connectivity index (χ4v) is 1.86. The fraction of sp³-hybridized carbons (Fsp3) is 0.667. The van der Waals surface area contributed by atoms with Crippen LogP contribution in [0.2, 0.25) is 0 Å². The van der Waals surface area contributed by atoms with E-state index in [1.54, 1.807) is 29.0 Å². The number of aryl methyl sites for hydroxylation is 1. The first-order chi connectivity index (χ1) is 8.11. The Labute approximate surface area is 101 Å². The van der Waals surface area contributed by atoms with Gasteiger partial charge in [0.05, 0.1) is 17.9 Å². The second-order valence-corrected chi connectivity index (χ2v) is 4.68. The van der Waals surface area contributed by atoms with E-state index >= 15 is 0 Å². The van der Waals surface area contributed by atoms with Gasteiger partial charge in [0.1, 0.15) is 0 Å². The van der Waals surface area contributed by atoms with Crippen LogP contribution in [-0.4, -0.2) is 45.4 Å². The summed E-state index contributed by atoms with van der Waals surface area (Å²) in [6.07, 6.45) is 5.09. The highest BCUT2D eigenvalue weighted by molar-refractivity contribution is 5.93. The molecule has 1 atom stereocenters. The normalized spacial score (nSPS) is 16.9. The quantitative estimate of drug-likeness (QED) is 0.822. The summed E-state index contributed by atoms with van der Waals surface area (Å²) in [5.74, 6) is 0.313. The van der Waals surface area contributed by atoms with Crippen molar-refractivity contribution in [3.05, 3.63) is 18.0 Å². The zero-order chi connectivity index (χ0) is 12.4. The number of carbonyl (C=O) groups excluding carboxylic acids is 1. The number of amides is 1. The first-order valence-electron chi connectivity index (χ1n) is 6.07. The third-order valence-electron chi connectivity index (χ3n) is 3.18. The molecule has 0 aromatic carbocycles. The molecule has 1 aliphatic carbocycles. The number of carbonyl (C=O) groups is 1. The molecule has 5 nitrogen and oxygen atoms in total. The number of hydrogen-bond acceptors (Lipinski definition) is 3. The zero-order valence-electron chi connectivity index (χ0n) is 10.3. The predicted octanol–water partition coefficient (Wildman–Crippen LogP) is 0.746. The van der Waals surface area contributed by atoms with Crippen molar-refractivity contribution in [2.75, 3.05) is 13.6 Å². The third kappa shape index (κ3) is 2.85. The van der Waals surface area contributed by atoms with Gasteiger partial charge in [-0.3, -0.25) is 9.48 Å². The Morgan fingerprint density at radius 2 is 2.41 bits per heavy atom. The molecule has 0 saturated heterocycles. The van der Waals surface area contributed by atoms with Crippen molar-refractivity contribution in [2.24, 2.45) is 5.92 Å². The van der Waals surface area contributed by atoms with Crippen molar-refractivity contribution in [3.8, 4) is 0 Å². The molecule has 1 saturated carbocycles. The summed E-state index contributed by atoms with van der Waals surface area (Å²) in [6, 6.07) is 0. The second kappa shape index (κ2) is 4.87. The number of nitrogens with zero attached hydrogens (tertiary/aromatic N) is 3. The molecule has 5 heteroatoms. The summed E-state index contributed by atoms with van der Waals surface area (Å²) in [5.41, 5.74) is 0.581. The van der Waals surface area contributed by atoms with Crippen LogP contribution < -0.4 is 0 Å². The van der Waals surface area contributed by atoms with E-state index in [4.69, 9.17) is 0 Å². The average Bonchev–Trinajstić information content (AvgIpc) is 3.06. The van der Waals surface area contributed by atoms with Gasteiger partial charge in [0.15, 0.2) is 0 Å². The highest BCUT2D eigenvalue weighted by Gasteiger charge is 2.31. The molecule has 1 aliphatic rings. The van der Waals surface area contributed by atoms with Crippen LogP contribution in [0.25, 0.3) is 0 Å². The molecule has 1 fully saturated rings. The monoisotopic (exact) mass is 237 g/mol. The van der Waals surface area contributed by atoms with Gasteiger partial charge in [-0.25, -0.2) is 0 Å². The molecule has 1 heterocycles. The van der Waals surface area contributed by atoms with Crippen molar-refractivity contribution in [1.82, 2.24) is 14.7 Å². The van der Waals surface area contributed by atoms with Gasteiger partial charge in [-0.2, -0.15) is 5.10 Å². The minimum atomic E-state index is -0.384.